The molecular formula is C26H21N5O2S. The third kappa shape index (κ3) is 3.99. The molecule has 1 N–H and O–H groups in total. The van der Waals surface area contributed by atoms with Gasteiger partial charge in [0, 0.05) is 17.8 Å². The van der Waals surface area contributed by atoms with Crippen LogP contribution in [0.1, 0.15) is 0 Å². The third-order valence-corrected chi connectivity index (χ3v) is 6.34. The minimum absolute atomic E-state index is 0.138. The van der Waals surface area contributed by atoms with Crippen molar-refractivity contribution in [2.75, 3.05) is 11.1 Å². The van der Waals surface area contributed by atoms with E-state index in [4.69, 9.17) is 0 Å². The van der Waals surface area contributed by atoms with Gasteiger partial charge in [-0.05, 0) is 23.8 Å². The first kappa shape index (κ1) is 21.7. The summed E-state index contributed by atoms with van der Waals surface area (Å²) in [5, 5.41) is 12.6. The zero-order valence-electron chi connectivity index (χ0n) is 18.2. The lowest BCUT2D eigenvalue weighted by molar-refractivity contribution is -0.113. The second kappa shape index (κ2) is 9.36. The smallest absolute Gasteiger partial charge is 0.263 e. The van der Waals surface area contributed by atoms with Gasteiger partial charge in [-0.15, -0.1) is 16.8 Å². The average Bonchev–Trinajstić information content (AvgIpc) is 3.30. The Kier molecular flexibility index (Phi) is 5.97. The van der Waals surface area contributed by atoms with Gasteiger partial charge >= 0.3 is 0 Å². The number of nitrogens with one attached hydrogen (secondary N) is 1. The number of carbonyl (C=O) groups is 1. The molecule has 8 heteroatoms. The van der Waals surface area contributed by atoms with Gasteiger partial charge in [-0.3, -0.25) is 18.6 Å². The molecule has 0 aliphatic carbocycles. The summed E-state index contributed by atoms with van der Waals surface area (Å²) in [5.41, 5.74) is 3.28. The number of aromatic nitrogens is 4. The molecule has 2 heterocycles. The van der Waals surface area contributed by atoms with E-state index < -0.39 is 0 Å². The topological polar surface area (TPSA) is 81.3 Å². The van der Waals surface area contributed by atoms with E-state index in [9.17, 15) is 9.59 Å². The van der Waals surface area contributed by atoms with Gasteiger partial charge in [0.05, 0.1) is 16.7 Å². The van der Waals surface area contributed by atoms with Crippen molar-refractivity contribution in [3.63, 3.8) is 0 Å². The quantitative estimate of drug-likeness (QED) is 0.279. The van der Waals surface area contributed by atoms with Gasteiger partial charge in [0.15, 0.2) is 5.16 Å². The van der Waals surface area contributed by atoms with Crippen LogP contribution >= 0.6 is 11.8 Å². The summed E-state index contributed by atoms with van der Waals surface area (Å²) in [5.74, 6) is 0.397. The molecule has 0 radical (unpaired) electrons. The number of benzene rings is 3. The minimum atomic E-state index is -0.158. The van der Waals surface area contributed by atoms with Gasteiger partial charge in [-0.1, -0.05) is 78.5 Å². The zero-order chi connectivity index (χ0) is 23.5. The van der Waals surface area contributed by atoms with E-state index in [1.807, 2.05) is 77.2 Å². The third-order valence-electron chi connectivity index (χ3n) is 5.41. The molecule has 0 bridgehead atoms. The van der Waals surface area contributed by atoms with Crippen LogP contribution in [0, 0.1) is 0 Å². The van der Waals surface area contributed by atoms with E-state index in [1.54, 1.807) is 12.1 Å². The van der Waals surface area contributed by atoms with Crippen LogP contribution in [-0.2, 0) is 11.3 Å². The Hall–Kier alpha value is -4.17. The van der Waals surface area contributed by atoms with Crippen molar-refractivity contribution in [2.24, 2.45) is 0 Å². The highest BCUT2D eigenvalue weighted by Crippen LogP contribution is 2.28. The fraction of sp³-hybridized carbons (Fsp3) is 0.0769. The van der Waals surface area contributed by atoms with Crippen LogP contribution in [0.25, 0.3) is 27.8 Å². The van der Waals surface area contributed by atoms with Crippen molar-refractivity contribution in [1.82, 2.24) is 19.2 Å². The van der Waals surface area contributed by atoms with Crippen molar-refractivity contribution >= 4 is 40.0 Å². The van der Waals surface area contributed by atoms with E-state index in [0.29, 0.717) is 28.4 Å². The molecule has 0 saturated carbocycles. The number of fused-ring (bicyclic) bond motifs is 3. The number of nitrogens with zero attached hydrogens (tertiary/aromatic N) is 4. The fourth-order valence-electron chi connectivity index (χ4n) is 3.90. The molecule has 5 rings (SSSR count). The Morgan fingerprint density at radius 1 is 0.971 bits per heavy atom. The molecule has 0 aliphatic rings. The van der Waals surface area contributed by atoms with Crippen LogP contribution in [0.15, 0.2) is 101 Å². The van der Waals surface area contributed by atoms with Crippen LogP contribution in [0.4, 0.5) is 5.69 Å². The number of carbonyl (C=O) groups excluding carboxylic acids is 1. The summed E-state index contributed by atoms with van der Waals surface area (Å²) in [7, 11) is 0. The van der Waals surface area contributed by atoms with E-state index in [2.05, 4.69) is 22.1 Å². The molecule has 0 fully saturated rings. The lowest BCUT2D eigenvalue weighted by atomic mass is 10.0. The van der Waals surface area contributed by atoms with Gasteiger partial charge in [0.1, 0.15) is 0 Å². The number of hydrogen-bond donors (Lipinski definition) is 1. The monoisotopic (exact) mass is 467 g/mol. The molecule has 2 aromatic heterocycles. The van der Waals surface area contributed by atoms with E-state index in [0.717, 1.165) is 16.8 Å². The van der Waals surface area contributed by atoms with Crippen LogP contribution < -0.4 is 10.9 Å². The van der Waals surface area contributed by atoms with Crippen molar-refractivity contribution in [1.29, 1.82) is 0 Å². The van der Waals surface area contributed by atoms with E-state index in [-0.39, 0.29) is 17.2 Å². The molecule has 0 saturated heterocycles. The lowest BCUT2D eigenvalue weighted by Crippen LogP contribution is -2.22. The number of thioether (sulfide) groups is 1. The first-order valence-electron chi connectivity index (χ1n) is 10.7. The molecule has 0 aliphatic heterocycles. The largest absolute Gasteiger partial charge is 0.325 e. The average molecular weight is 468 g/mol. The van der Waals surface area contributed by atoms with E-state index >= 15 is 0 Å². The Bertz CT molecular complexity index is 1570. The van der Waals surface area contributed by atoms with Gasteiger partial charge in [0.2, 0.25) is 11.7 Å². The summed E-state index contributed by atoms with van der Waals surface area (Å²) in [4.78, 5) is 25.8. The molecule has 34 heavy (non-hydrogen) atoms. The number of para-hydroxylation sites is 2. The first-order valence-corrected chi connectivity index (χ1v) is 11.7. The van der Waals surface area contributed by atoms with Crippen LogP contribution in [-0.4, -0.2) is 30.8 Å². The lowest BCUT2D eigenvalue weighted by Gasteiger charge is -2.11. The van der Waals surface area contributed by atoms with Gasteiger partial charge < -0.3 is 5.32 Å². The number of rotatable bonds is 7. The summed E-state index contributed by atoms with van der Waals surface area (Å²) in [6, 6.07) is 24.9. The maximum Gasteiger partial charge on any atom is 0.263 e. The molecule has 7 nitrogen and oxygen atoms in total. The second-order valence-corrected chi connectivity index (χ2v) is 8.53. The molecule has 5 aromatic rings. The molecule has 168 valence electrons. The maximum atomic E-state index is 12.9. The predicted octanol–water partition coefficient (Wildman–Crippen LogP) is 4.63. The van der Waals surface area contributed by atoms with Crippen LogP contribution in [0.5, 0.6) is 0 Å². The normalized spacial score (nSPS) is 11.1. The number of amides is 1. The summed E-state index contributed by atoms with van der Waals surface area (Å²) < 4.78 is 3.35. The van der Waals surface area contributed by atoms with Crippen molar-refractivity contribution in [3.05, 3.63) is 102 Å². The highest BCUT2D eigenvalue weighted by Gasteiger charge is 2.17. The minimum Gasteiger partial charge on any atom is -0.325 e. The number of anilines is 1. The number of hydrogen-bond acceptors (Lipinski definition) is 5. The maximum absolute atomic E-state index is 12.9. The summed E-state index contributed by atoms with van der Waals surface area (Å²) >= 11 is 1.27. The molecule has 0 spiro atoms. The Morgan fingerprint density at radius 3 is 2.53 bits per heavy atom. The Morgan fingerprint density at radius 2 is 1.71 bits per heavy atom. The van der Waals surface area contributed by atoms with E-state index in [1.165, 1.54) is 16.3 Å². The van der Waals surface area contributed by atoms with Crippen LogP contribution in [0.2, 0.25) is 0 Å². The van der Waals surface area contributed by atoms with Crippen molar-refractivity contribution in [3.8, 4) is 11.1 Å². The molecule has 1 amide bonds. The first-order chi connectivity index (χ1) is 16.7. The van der Waals surface area contributed by atoms with Crippen LogP contribution in [0.3, 0.4) is 0 Å². The molecule has 3 aromatic carbocycles. The summed E-state index contributed by atoms with van der Waals surface area (Å²) in [6.45, 7) is 4.06. The van der Waals surface area contributed by atoms with Gasteiger partial charge in [-0.2, -0.15) is 0 Å². The highest BCUT2D eigenvalue weighted by molar-refractivity contribution is 7.99. The second-order valence-electron chi connectivity index (χ2n) is 7.59. The zero-order valence-corrected chi connectivity index (χ0v) is 19.0. The predicted molar refractivity (Wildman–Crippen MR) is 136 cm³/mol. The van der Waals surface area contributed by atoms with Crippen molar-refractivity contribution in [2.45, 2.75) is 11.7 Å². The highest BCUT2D eigenvalue weighted by atomic mass is 32.2. The molecular weight excluding hydrogens is 446 g/mol. The number of allylic oxidation sites excluding steroid dienone is 1. The SMILES string of the molecule is C=CCn1c(=O)c2ccccc2n2c(SCC(=O)Nc3ccccc3-c3ccccc3)nnc12. The molecule has 0 atom stereocenters. The Labute approximate surface area is 199 Å². The summed E-state index contributed by atoms with van der Waals surface area (Å²) in [6.07, 6.45) is 1.65. The van der Waals surface area contributed by atoms with Gasteiger partial charge in [0.25, 0.3) is 5.56 Å². The fourth-order valence-corrected chi connectivity index (χ4v) is 4.64. The van der Waals surface area contributed by atoms with Crippen molar-refractivity contribution < 1.29 is 4.79 Å². The standard InChI is InChI=1S/C26H21N5O2S/c1-2-16-30-24(33)20-13-7-9-15-22(20)31-25(30)28-29-26(31)34-17-23(32)27-21-14-8-6-12-19(21)18-10-4-3-5-11-18/h2-15H,1,16-17H2,(H,27,32). The van der Waals surface area contributed by atoms with Gasteiger partial charge in [-0.25, -0.2) is 0 Å². The Balaban J connectivity index is 1.43. The molecule has 0 unspecified atom stereocenters.